The van der Waals surface area contributed by atoms with Crippen LogP contribution in [0.3, 0.4) is 0 Å². The average molecular weight is 156 g/mol. The number of allylic oxidation sites excluding steroid dienone is 1. The van der Waals surface area contributed by atoms with Crippen molar-refractivity contribution in [2.24, 2.45) is 5.41 Å². The summed E-state index contributed by atoms with van der Waals surface area (Å²) in [6.45, 7) is 6.93. The zero-order valence-electron chi connectivity index (χ0n) is 7.93. The van der Waals surface area contributed by atoms with Crippen LogP contribution in [0.5, 0.6) is 0 Å². The molecule has 1 N–H and O–H groups in total. The summed E-state index contributed by atoms with van der Waals surface area (Å²) in [6.07, 6.45) is 7.43. The van der Waals surface area contributed by atoms with Gasteiger partial charge in [-0.05, 0) is 24.7 Å². The van der Waals surface area contributed by atoms with Crippen molar-refractivity contribution in [1.82, 2.24) is 0 Å². The molecule has 0 rings (SSSR count). The first-order chi connectivity index (χ1) is 5.06. The van der Waals surface area contributed by atoms with Gasteiger partial charge in [0.25, 0.3) is 0 Å². The van der Waals surface area contributed by atoms with E-state index in [-0.39, 0.29) is 6.61 Å². The van der Waals surface area contributed by atoms with Crippen LogP contribution >= 0.6 is 0 Å². The van der Waals surface area contributed by atoms with Crippen molar-refractivity contribution in [2.75, 3.05) is 6.61 Å². The smallest absolute Gasteiger partial charge is 0.0612 e. The molecule has 0 saturated carbocycles. The van der Waals surface area contributed by atoms with Crippen molar-refractivity contribution in [2.45, 2.75) is 40.0 Å². The van der Waals surface area contributed by atoms with Crippen molar-refractivity contribution >= 4 is 0 Å². The molecule has 0 radical (unpaired) electrons. The number of rotatable bonds is 4. The normalized spacial score (nSPS) is 12.7. The second-order valence-corrected chi connectivity index (χ2v) is 4.11. The third-order valence-electron chi connectivity index (χ3n) is 1.57. The van der Waals surface area contributed by atoms with Crippen molar-refractivity contribution in [3.63, 3.8) is 0 Å². The van der Waals surface area contributed by atoms with Crippen molar-refractivity contribution in [3.05, 3.63) is 12.2 Å². The quantitative estimate of drug-likeness (QED) is 0.490. The van der Waals surface area contributed by atoms with E-state index in [0.717, 1.165) is 6.42 Å². The van der Waals surface area contributed by atoms with Crippen molar-refractivity contribution in [3.8, 4) is 0 Å². The molecule has 0 heterocycles. The summed E-state index contributed by atoms with van der Waals surface area (Å²) in [4.78, 5) is 0. The summed E-state index contributed by atoms with van der Waals surface area (Å²) in [5.74, 6) is 0. The van der Waals surface area contributed by atoms with E-state index in [0.29, 0.717) is 5.41 Å². The summed E-state index contributed by atoms with van der Waals surface area (Å²) >= 11 is 0. The van der Waals surface area contributed by atoms with Gasteiger partial charge in [0.15, 0.2) is 0 Å². The van der Waals surface area contributed by atoms with Crippen molar-refractivity contribution in [1.29, 1.82) is 0 Å². The fraction of sp³-hybridized carbons (Fsp3) is 0.800. The lowest BCUT2D eigenvalue weighted by atomic mass is 9.90. The van der Waals surface area contributed by atoms with E-state index < -0.39 is 0 Å². The van der Waals surface area contributed by atoms with Gasteiger partial charge in [-0.3, -0.25) is 0 Å². The summed E-state index contributed by atoms with van der Waals surface area (Å²) < 4.78 is 0. The molecular weight excluding hydrogens is 136 g/mol. The van der Waals surface area contributed by atoms with Crippen molar-refractivity contribution < 1.29 is 5.11 Å². The van der Waals surface area contributed by atoms with Crippen LogP contribution in [-0.4, -0.2) is 11.7 Å². The van der Waals surface area contributed by atoms with Gasteiger partial charge in [-0.25, -0.2) is 0 Å². The van der Waals surface area contributed by atoms with Crippen LogP contribution < -0.4 is 0 Å². The molecule has 11 heavy (non-hydrogen) atoms. The maximum Gasteiger partial charge on any atom is 0.0612 e. The highest BCUT2D eigenvalue weighted by molar-refractivity contribution is 4.80. The minimum atomic E-state index is 0.176. The predicted molar refractivity (Wildman–Crippen MR) is 49.5 cm³/mol. The number of hydrogen-bond donors (Lipinski definition) is 1. The third kappa shape index (κ3) is 9.70. The predicted octanol–water partition coefficient (Wildman–Crippen LogP) is 2.75. The van der Waals surface area contributed by atoms with Gasteiger partial charge in [0, 0.05) is 0 Å². The topological polar surface area (TPSA) is 20.2 Å². The summed E-state index contributed by atoms with van der Waals surface area (Å²) in [6, 6.07) is 0. The molecule has 1 nitrogen and oxygen atoms in total. The molecule has 0 atom stereocenters. The van der Waals surface area contributed by atoms with Gasteiger partial charge in [0.2, 0.25) is 0 Å². The Morgan fingerprint density at radius 2 is 1.82 bits per heavy atom. The highest BCUT2D eigenvalue weighted by atomic mass is 16.2. The fourth-order valence-electron chi connectivity index (χ4n) is 0.943. The van der Waals surface area contributed by atoms with Gasteiger partial charge in [-0.2, -0.15) is 0 Å². The van der Waals surface area contributed by atoms with Crippen LogP contribution in [0, 0.1) is 5.41 Å². The Balaban J connectivity index is 3.21. The summed E-state index contributed by atoms with van der Waals surface area (Å²) in [7, 11) is 0. The molecule has 0 aliphatic rings. The molecular formula is C10H20O. The van der Waals surface area contributed by atoms with Crippen LogP contribution in [0.2, 0.25) is 0 Å². The van der Waals surface area contributed by atoms with Crippen LogP contribution in [0.4, 0.5) is 0 Å². The molecule has 0 fully saturated rings. The minimum Gasteiger partial charge on any atom is -0.392 e. The van der Waals surface area contributed by atoms with E-state index in [1.165, 1.54) is 12.8 Å². The molecule has 0 aliphatic carbocycles. The molecule has 0 amide bonds. The maximum atomic E-state index is 8.44. The monoisotopic (exact) mass is 156 g/mol. The third-order valence-corrected chi connectivity index (χ3v) is 1.57. The van der Waals surface area contributed by atoms with E-state index in [1.54, 1.807) is 0 Å². The SMILES string of the molecule is CC(C)(C)CCCC=CCO. The first kappa shape index (κ1) is 10.7. The maximum absolute atomic E-state index is 8.44. The van der Waals surface area contributed by atoms with E-state index in [2.05, 4.69) is 20.8 Å². The Morgan fingerprint density at radius 3 is 2.27 bits per heavy atom. The van der Waals surface area contributed by atoms with Gasteiger partial charge in [0.05, 0.1) is 6.61 Å². The molecule has 0 saturated heterocycles. The number of aliphatic hydroxyl groups excluding tert-OH is 1. The van der Waals surface area contributed by atoms with Crippen LogP contribution in [-0.2, 0) is 0 Å². The Morgan fingerprint density at radius 1 is 1.18 bits per heavy atom. The first-order valence-electron chi connectivity index (χ1n) is 4.32. The lowest BCUT2D eigenvalue weighted by Gasteiger charge is -2.16. The highest BCUT2D eigenvalue weighted by Crippen LogP contribution is 2.21. The van der Waals surface area contributed by atoms with Gasteiger partial charge in [-0.1, -0.05) is 32.9 Å². The molecule has 0 aromatic heterocycles. The van der Waals surface area contributed by atoms with E-state index in [1.807, 2.05) is 12.2 Å². The van der Waals surface area contributed by atoms with Gasteiger partial charge >= 0.3 is 0 Å². The molecule has 0 aromatic carbocycles. The Hall–Kier alpha value is -0.300. The Labute approximate surface area is 70.1 Å². The number of hydrogen-bond acceptors (Lipinski definition) is 1. The Kier molecular flexibility index (Phi) is 5.22. The Bertz CT molecular complexity index is 109. The van der Waals surface area contributed by atoms with Crippen LogP contribution in [0.1, 0.15) is 40.0 Å². The fourth-order valence-corrected chi connectivity index (χ4v) is 0.943. The first-order valence-corrected chi connectivity index (χ1v) is 4.32. The molecule has 0 spiro atoms. The van der Waals surface area contributed by atoms with Gasteiger partial charge < -0.3 is 5.11 Å². The zero-order valence-corrected chi connectivity index (χ0v) is 7.93. The minimum absolute atomic E-state index is 0.176. The zero-order chi connectivity index (χ0) is 8.74. The average Bonchev–Trinajstić information content (AvgIpc) is 1.85. The second kappa shape index (κ2) is 5.36. The lowest BCUT2D eigenvalue weighted by Crippen LogP contribution is -2.03. The molecule has 66 valence electrons. The van der Waals surface area contributed by atoms with E-state index in [4.69, 9.17) is 5.11 Å². The van der Waals surface area contributed by atoms with Gasteiger partial charge in [-0.15, -0.1) is 0 Å². The molecule has 0 aromatic rings. The molecule has 0 bridgehead atoms. The standard InChI is InChI=1S/C10H20O/c1-10(2,3)8-6-4-5-7-9-11/h5,7,11H,4,6,8-9H2,1-3H3. The van der Waals surface area contributed by atoms with E-state index in [9.17, 15) is 0 Å². The molecule has 0 aliphatic heterocycles. The summed E-state index contributed by atoms with van der Waals surface area (Å²) in [5, 5.41) is 8.44. The van der Waals surface area contributed by atoms with Gasteiger partial charge in [0.1, 0.15) is 0 Å². The second-order valence-electron chi connectivity index (χ2n) is 4.11. The lowest BCUT2D eigenvalue weighted by molar-refractivity contribution is 0.341. The van der Waals surface area contributed by atoms with Crippen LogP contribution in [0.25, 0.3) is 0 Å². The largest absolute Gasteiger partial charge is 0.392 e. The van der Waals surface area contributed by atoms with Crippen LogP contribution in [0.15, 0.2) is 12.2 Å². The highest BCUT2D eigenvalue weighted by Gasteiger charge is 2.07. The molecule has 1 heteroatoms. The van der Waals surface area contributed by atoms with E-state index >= 15 is 0 Å². The summed E-state index contributed by atoms with van der Waals surface area (Å²) in [5.41, 5.74) is 0.451. The number of aliphatic hydroxyl groups is 1. The molecule has 0 unspecified atom stereocenters. The number of unbranched alkanes of at least 4 members (excludes halogenated alkanes) is 1.